The van der Waals surface area contributed by atoms with Gasteiger partial charge in [0.25, 0.3) is 0 Å². The Labute approximate surface area is 88.8 Å². The van der Waals surface area contributed by atoms with Crippen molar-refractivity contribution in [2.24, 2.45) is 0 Å². The van der Waals surface area contributed by atoms with Gasteiger partial charge >= 0.3 is 5.97 Å². The molecule has 0 aliphatic heterocycles. The first-order valence-corrected chi connectivity index (χ1v) is 5.04. The number of nitrogens with zero attached hydrogens (tertiary/aromatic N) is 1. The Kier molecular flexibility index (Phi) is 2.47. The number of aromatic nitrogens is 1. The number of halogens is 1. The lowest BCUT2D eigenvalue weighted by Gasteiger charge is -2.02. The SMILES string of the molecule is O=C(O)c1ccc(F)cc1-c1cscn1. The van der Waals surface area contributed by atoms with Gasteiger partial charge in [0.05, 0.1) is 16.8 Å². The lowest BCUT2D eigenvalue weighted by Crippen LogP contribution is -2.00. The lowest BCUT2D eigenvalue weighted by molar-refractivity contribution is 0.0697. The highest BCUT2D eigenvalue weighted by molar-refractivity contribution is 7.07. The molecule has 0 amide bonds. The lowest BCUT2D eigenvalue weighted by atomic mass is 10.1. The molecule has 0 spiro atoms. The number of thiazole rings is 1. The summed E-state index contributed by atoms with van der Waals surface area (Å²) in [6.45, 7) is 0. The summed E-state index contributed by atoms with van der Waals surface area (Å²) in [5, 5.41) is 10.6. The Balaban J connectivity index is 2.63. The predicted octanol–water partition coefficient (Wildman–Crippen LogP) is 2.65. The van der Waals surface area contributed by atoms with E-state index in [9.17, 15) is 9.18 Å². The van der Waals surface area contributed by atoms with Crippen LogP contribution in [0.2, 0.25) is 0 Å². The fourth-order valence-electron chi connectivity index (χ4n) is 1.26. The minimum Gasteiger partial charge on any atom is -0.478 e. The normalized spacial score (nSPS) is 10.2. The van der Waals surface area contributed by atoms with Crippen molar-refractivity contribution in [1.29, 1.82) is 0 Å². The highest BCUT2D eigenvalue weighted by atomic mass is 32.1. The van der Waals surface area contributed by atoms with Crippen molar-refractivity contribution in [3.63, 3.8) is 0 Å². The molecule has 0 aliphatic carbocycles. The minimum absolute atomic E-state index is 0.0577. The first kappa shape index (κ1) is 9.79. The van der Waals surface area contributed by atoms with Gasteiger partial charge in [0.15, 0.2) is 0 Å². The molecular weight excluding hydrogens is 217 g/mol. The number of carboxylic acid groups (broad SMARTS) is 1. The van der Waals surface area contributed by atoms with Crippen LogP contribution in [-0.4, -0.2) is 16.1 Å². The van der Waals surface area contributed by atoms with E-state index in [1.165, 1.54) is 23.5 Å². The third kappa shape index (κ3) is 1.87. The molecule has 2 rings (SSSR count). The molecule has 0 radical (unpaired) electrons. The molecule has 5 heteroatoms. The zero-order valence-electron chi connectivity index (χ0n) is 7.48. The summed E-state index contributed by atoms with van der Waals surface area (Å²) < 4.78 is 13.0. The number of benzene rings is 1. The molecule has 1 aromatic heterocycles. The average Bonchev–Trinajstić information content (AvgIpc) is 2.69. The van der Waals surface area contributed by atoms with Crippen LogP contribution < -0.4 is 0 Å². The van der Waals surface area contributed by atoms with Crippen LogP contribution in [0.3, 0.4) is 0 Å². The summed E-state index contributed by atoms with van der Waals surface area (Å²) >= 11 is 1.33. The van der Waals surface area contributed by atoms with E-state index < -0.39 is 11.8 Å². The Morgan fingerprint density at radius 2 is 2.27 bits per heavy atom. The highest BCUT2D eigenvalue weighted by Crippen LogP contribution is 2.24. The van der Waals surface area contributed by atoms with Gasteiger partial charge in [0.2, 0.25) is 0 Å². The van der Waals surface area contributed by atoms with Gasteiger partial charge in [-0.15, -0.1) is 11.3 Å². The Morgan fingerprint density at radius 3 is 2.87 bits per heavy atom. The second-order valence-electron chi connectivity index (χ2n) is 2.87. The smallest absolute Gasteiger partial charge is 0.336 e. The zero-order chi connectivity index (χ0) is 10.8. The minimum atomic E-state index is -1.09. The fourth-order valence-corrected chi connectivity index (χ4v) is 1.81. The van der Waals surface area contributed by atoms with Crippen LogP contribution in [0.4, 0.5) is 4.39 Å². The van der Waals surface area contributed by atoms with Crippen LogP contribution in [0.1, 0.15) is 10.4 Å². The van der Waals surface area contributed by atoms with Crippen molar-refractivity contribution in [2.45, 2.75) is 0 Å². The molecule has 0 fully saturated rings. The van der Waals surface area contributed by atoms with Crippen molar-refractivity contribution in [1.82, 2.24) is 4.98 Å². The second kappa shape index (κ2) is 3.78. The number of carbonyl (C=O) groups is 1. The molecular formula is C10H6FNO2S. The molecule has 2 aromatic rings. The third-order valence-corrected chi connectivity index (χ3v) is 2.51. The van der Waals surface area contributed by atoms with E-state index in [1.807, 2.05) is 0 Å². The van der Waals surface area contributed by atoms with Gasteiger partial charge in [-0.2, -0.15) is 0 Å². The van der Waals surface area contributed by atoms with Crippen molar-refractivity contribution >= 4 is 17.3 Å². The average molecular weight is 223 g/mol. The molecule has 3 nitrogen and oxygen atoms in total. The van der Waals surface area contributed by atoms with Crippen LogP contribution in [0.25, 0.3) is 11.3 Å². The van der Waals surface area contributed by atoms with Crippen molar-refractivity contribution < 1.29 is 14.3 Å². The van der Waals surface area contributed by atoms with Gasteiger partial charge in [-0.05, 0) is 18.2 Å². The molecule has 0 aliphatic rings. The van der Waals surface area contributed by atoms with E-state index in [4.69, 9.17) is 5.11 Å². The molecule has 15 heavy (non-hydrogen) atoms. The van der Waals surface area contributed by atoms with Crippen molar-refractivity contribution in [3.8, 4) is 11.3 Å². The maximum absolute atomic E-state index is 13.0. The largest absolute Gasteiger partial charge is 0.478 e. The standard InChI is InChI=1S/C10H6FNO2S/c11-6-1-2-7(10(13)14)8(3-6)9-4-15-5-12-9/h1-5H,(H,13,14). The molecule has 0 bridgehead atoms. The molecule has 0 atom stereocenters. The first-order valence-electron chi connectivity index (χ1n) is 4.10. The van der Waals surface area contributed by atoms with Crippen LogP contribution >= 0.6 is 11.3 Å². The van der Waals surface area contributed by atoms with Crippen molar-refractivity contribution in [3.05, 3.63) is 40.5 Å². The van der Waals surface area contributed by atoms with E-state index >= 15 is 0 Å². The molecule has 76 valence electrons. The number of rotatable bonds is 2. The van der Waals surface area contributed by atoms with Gasteiger partial charge in [0, 0.05) is 10.9 Å². The van der Waals surface area contributed by atoms with Gasteiger partial charge in [-0.1, -0.05) is 0 Å². The number of aromatic carboxylic acids is 1. The van der Waals surface area contributed by atoms with Gasteiger partial charge in [-0.3, -0.25) is 0 Å². The number of carboxylic acids is 1. The number of hydrogen-bond donors (Lipinski definition) is 1. The fraction of sp³-hybridized carbons (Fsp3) is 0. The number of hydrogen-bond acceptors (Lipinski definition) is 3. The predicted molar refractivity (Wildman–Crippen MR) is 54.5 cm³/mol. The third-order valence-electron chi connectivity index (χ3n) is 1.92. The molecule has 0 saturated carbocycles. The summed E-state index contributed by atoms with van der Waals surface area (Å²) in [7, 11) is 0. The Morgan fingerprint density at radius 1 is 1.47 bits per heavy atom. The van der Waals surface area contributed by atoms with E-state index in [1.54, 1.807) is 10.9 Å². The zero-order valence-corrected chi connectivity index (χ0v) is 8.29. The molecule has 0 saturated heterocycles. The van der Waals surface area contributed by atoms with Crippen molar-refractivity contribution in [2.75, 3.05) is 0 Å². The van der Waals surface area contributed by atoms with Crippen LogP contribution in [-0.2, 0) is 0 Å². The second-order valence-corrected chi connectivity index (χ2v) is 3.59. The van der Waals surface area contributed by atoms with E-state index in [0.29, 0.717) is 11.3 Å². The molecule has 0 unspecified atom stereocenters. The maximum Gasteiger partial charge on any atom is 0.336 e. The maximum atomic E-state index is 13.0. The molecule has 1 aromatic carbocycles. The van der Waals surface area contributed by atoms with E-state index in [2.05, 4.69) is 4.98 Å². The van der Waals surface area contributed by atoms with Crippen LogP contribution in [0, 0.1) is 5.82 Å². The summed E-state index contributed by atoms with van der Waals surface area (Å²) in [6.07, 6.45) is 0. The highest BCUT2D eigenvalue weighted by Gasteiger charge is 2.13. The molecule has 1 N–H and O–H groups in total. The van der Waals surface area contributed by atoms with Gasteiger partial charge in [0.1, 0.15) is 5.82 Å². The van der Waals surface area contributed by atoms with E-state index in [-0.39, 0.29) is 5.56 Å². The van der Waals surface area contributed by atoms with Crippen LogP contribution in [0.5, 0.6) is 0 Å². The monoisotopic (exact) mass is 223 g/mol. The summed E-state index contributed by atoms with van der Waals surface area (Å²) in [4.78, 5) is 14.8. The summed E-state index contributed by atoms with van der Waals surface area (Å²) in [6, 6.07) is 3.55. The summed E-state index contributed by atoms with van der Waals surface area (Å²) in [5.74, 6) is -1.55. The summed E-state index contributed by atoms with van der Waals surface area (Å²) in [5.41, 5.74) is 2.43. The van der Waals surface area contributed by atoms with E-state index in [0.717, 1.165) is 6.07 Å². The Bertz CT molecular complexity index is 496. The topological polar surface area (TPSA) is 50.2 Å². The van der Waals surface area contributed by atoms with Gasteiger partial charge < -0.3 is 5.11 Å². The molecule has 1 heterocycles. The Hall–Kier alpha value is -1.75. The quantitative estimate of drug-likeness (QED) is 0.851. The van der Waals surface area contributed by atoms with Gasteiger partial charge in [-0.25, -0.2) is 14.2 Å². The van der Waals surface area contributed by atoms with Crippen LogP contribution in [0.15, 0.2) is 29.1 Å². The first-order chi connectivity index (χ1) is 7.18.